The molecule has 0 aliphatic heterocycles. The van der Waals surface area contributed by atoms with Gasteiger partial charge < -0.3 is 5.11 Å². The van der Waals surface area contributed by atoms with E-state index in [0.29, 0.717) is 16.1 Å². The van der Waals surface area contributed by atoms with Crippen LogP contribution in [0.15, 0.2) is 44.4 Å². The molecule has 0 unspecified atom stereocenters. The normalized spacial score (nSPS) is 10.9. The van der Waals surface area contributed by atoms with Crippen molar-refractivity contribution < 1.29 is 9.90 Å². The molecule has 0 atom stereocenters. The van der Waals surface area contributed by atoms with Crippen LogP contribution in [0.1, 0.15) is 15.9 Å². The van der Waals surface area contributed by atoms with Crippen LogP contribution in [0.3, 0.4) is 0 Å². The molecule has 2 N–H and O–H groups in total. The number of rotatable bonds is 3. The number of hydrogen-bond donors (Lipinski definition) is 2. The first-order valence-electron chi connectivity index (χ1n) is 5.84. The summed E-state index contributed by atoms with van der Waals surface area (Å²) in [6.45, 7) is 0. The van der Waals surface area contributed by atoms with Gasteiger partial charge in [-0.2, -0.15) is 5.10 Å². The van der Waals surface area contributed by atoms with Crippen molar-refractivity contribution in [3.8, 4) is 5.75 Å². The third-order valence-corrected chi connectivity index (χ3v) is 3.97. The van der Waals surface area contributed by atoms with Crippen LogP contribution >= 0.6 is 55.1 Å². The second-order valence-electron chi connectivity index (χ2n) is 4.18. The van der Waals surface area contributed by atoms with Gasteiger partial charge in [0.05, 0.1) is 11.2 Å². The Balaban J connectivity index is 2.14. The first-order chi connectivity index (χ1) is 10.4. The number of halogens is 4. The Morgan fingerprint density at radius 2 is 1.77 bits per heavy atom. The second kappa shape index (κ2) is 7.46. The number of carbonyl (C=O) groups excluding carboxylic acids is 1. The maximum Gasteiger partial charge on any atom is 0.271 e. The molecule has 114 valence electrons. The predicted octanol–water partition coefficient (Wildman–Crippen LogP) is 4.99. The molecule has 0 aliphatic carbocycles. The van der Waals surface area contributed by atoms with E-state index < -0.39 is 5.91 Å². The average molecular weight is 467 g/mol. The highest BCUT2D eigenvalue weighted by Crippen LogP contribution is 2.29. The van der Waals surface area contributed by atoms with Gasteiger partial charge in [-0.25, -0.2) is 5.43 Å². The van der Waals surface area contributed by atoms with Gasteiger partial charge in [-0.15, -0.1) is 0 Å². The fourth-order valence-corrected chi connectivity index (χ4v) is 3.40. The number of carbonyl (C=O) groups is 1. The zero-order valence-corrected chi connectivity index (χ0v) is 15.5. The highest BCUT2D eigenvalue weighted by atomic mass is 79.9. The average Bonchev–Trinajstić information content (AvgIpc) is 2.42. The monoisotopic (exact) mass is 464 g/mol. The molecule has 0 saturated carbocycles. The molecule has 2 rings (SSSR count). The molecule has 0 spiro atoms. The largest absolute Gasteiger partial charge is 0.506 e. The van der Waals surface area contributed by atoms with Gasteiger partial charge >= 0.3 is 0 Å². The molecule has 0 bridgehead atoms. The number of nitrogens with zero attached hydrogens (tertiary/aromatic N) is 1. The highest BCUT2D eigenvalue weighted by molar-refractivity contribution is 9.11. The van der Waals surface area contributed by atoms with Crippen LogP contribution < -0.4 is 5.43 Å². The molecule has 2 aromatic carbocycles. The van der Waals surface area contributed by atoms with Crippen molar-refractivity contribution in [3.63, 3.8) is 0 Å². The molecule has 22 heavy (non-hydrogen) atoms. The Morgan fingerprint density at radius 3 is 2.41 bits per heavy atom. The van der Waals surface area contributed by atoms with E-state index >= 15 is 0 Å². The van der Waals surface area contributed by atoms with Crippen LogP contribution in [0.5, 0.6) is 5.75 Å². The summed E-state index contributed by atoms with van der Waals surface area (Å²) in [6, 6.07) is 8.01. The SMILES string of the molecule is O=C(NN=Cc1cc(Cl)cc(Cl)c1O)c1cc(Br)cc(Br)c1. The Morgan fingerprint density at radius 1 is 1.14 bits per heavy atom. The van der Waals surface area contributed by atoms with Crippen molar-refractivity contribution in [1.29, 1.82) is 0 Å². The van der Waals surface area contributed by atoms with Gasteiger partial charge in [-0.3, -0.25) is 4.79 Å². The maximum atomic E-state index is 12.0. The fourth-order valence-electron chi connectivity index (χ4n) is 1.59. The molecular formula is C14H8Br2Cl2N2O2. The molecule has 0 saturated heterocycles. The van der Waals surface area contributed by atoms with E-state index in [9.17, 15) is 9.90 Å². The molecule has 0 aliphatic rings. The minimum Gasteiger partial charge on any atom is -0.506 e. The number of phenolic OH excluding ortho intramolecular Hbond substituents is 1. The highest BCUT2D eigenvalue weighted by Gasteiger charge is 2.08. The smallest absolute Gasteiger partial charge is 0.271 e. The first-order valence-corrected chi connectivity index (χ1v) is 8.18. The standard InChI is InChI=1S/C14H8Br2Cl2N2O2/c15-9-1-7(2-10(16)4-9)14(22)20-19-6-8-3-11(17)5-12(18)13(8)21/h1-6,21H,(H,20,22). The lowest BCUT2D eigenvalue weighted by atomic mass is 10.2. The van der Waals surface area contributed by atoms with E-state index in [4.69, 9.17) is 23.2 Å². The fraction of sp³-hybridized carbons (Fsp3) is 0. The summed E-state index contributed by atoms with van der Waals surface area (Å²) >= 11 is 18.2. The second-order valence-corrected chi connectivity index (χ2v) is 6.86. The number of benzene rings is 2. The van der Waals surface area contributed by atoms with E-state index in [2.05, 4.69) is 42.4 Å². The molecular weight excluding hydrogens is 459 g/mol. The lowest BCUT2D eigenvalue weighted by Gasteiger charge is -2.04. The zero-order chi connectivity index (χ0) is 16.3. The van der Waals surface area contributed by atoms with Gasteiger partial charge in [0.25, 0.3) is 5.91 Å². The van der Waals surface area contributed by atoms with Gasteiger partial charge in [0, 0.05) is 25.1 Å². The Bertz CT molecular complexity index is 746. The van der Waals surface area contributed by atoms with Crippen LogP contribution in [0.2, 0.25) is 10.0 Å². The predicted molar refractivity (Wildman–Crippen MR) is 95.0 cm³/mol. The minimum atomic E-state index is -0.397. The zero-order valence-electron chi connectivity index (χ0n) is 10.8. The Kier molecular flexibility index (Phi) is 5.86. The van der Waals surface area contributed by atoms with Crippen LogP contribution in [-0.4, -0.2) is 17.2 Å². The van der Waals surface area contributed by atoms with E-state index in [1.165, 1.54) is 18.3 Å². The summed E-state index contributed by atoms with van der Waals surface area (Å²) in [6.07, 6.45) is 1.26. The van der Waals surface area contributed by atoms with E-state index in [1.54, 1.807) is 12.1 Å². The Labute approximate surface area is 153 Å². The number of phenols is 1. The lowest BCUT2D eigenvalue weighted by Crippen LogP contribution is -2.17. The number of nitrogens with one attached hydrogen (secondary N) is 1. The molecule has 8 heteroatoms. The maximum absolute atomic E-state index is 12.0. The molecule has 2 aromatic rings. The number of amides is 1. The molecule has 1 amide bonds. The lowest BCUT2D eigenvalue weighted by molar-refractivity contribution is 0.0955. The quantitative estimate of drug-likeness (QED) is 0.494. The first kappa shape index (κ1) is 17.3. The van der Waals surface area contributed by atoms with Gasteiger partial charge in [-0.1, -0.05) is 55.1 Å². The van der Waals surface area contributed by atoms with Gasteiger partial charge in [-0.05, 0) is 30.3 Å². The Hall–Kier alpha value is -1.08. The summed E-state index contributed by atoms with van der Waals surface area (Å²) < 4.78 is 1.52. The van der Waals surface area contributed by atoms with Crippen molar-refractivity contribution in [2.45, 2.75) is 0 Å². The van der Waals surface area contributed by atoms with Crippen LogP contribution in [0, 0.1) is 0 Å². The van der Waals surface area contributed by atoms with Crippen molar-refractivity contribution in [2.24, 2.45) is 5.10 Å². The van der Waals surface area contributed by atoms with Crippen LogP contribution in [0.25, 0.3) is 0 Å². The number of aromatic hydroxyl groups is 1. The van der Waals surface area contributed by atoms with Crippen molar-refractivity contribution in [1.82, 2.24) is 5.43 Å². The number of hydrazone groups is 1. The van der Waals surface area contributed by atoms with Gasteiger partial charge in [0.1, 0.15) is 5.75 Å². The summed E-state index contributed by atoms with van der Waals surface area (Å²) in [7, 11) is 0. The van der Waals surface area contributed by atoms with Crippen LogP contribution in [-0.2, 0) is 0 Å². The van der Waals surface area contributed by atoms with Crippen LogP contribution in [0.4, 0.5) is 0 Å². The minimum absolute atomic E-state index is 0.108. The topological polar surface area (TPSA) is 61.7 Å². The third kappa shape index (κ3) is 4.46. The summed E-state index contributed by atoms with van der Waals surface area (Å²) in [5.74, 6) is -0.555. The molecule has 4 nitrogen and oxygen atoms in total. The van der Waals surface area contributed by atoms with Gasteiger partial charge in [0.2, 0.25) is 0 Å². The summed E-state index contributed by atoms with van der Waals surface area (Å²) in [5, 5.41) is 14.0. The van der Waals surface area contributed by atoms with Crippen molar-refractivity contribution >= 4 is 67.2 Å². The van der Waals surface area contributed by atoms with E-state index in [1.807, 2.05) is 6.07 Å². The molecule has 0 aromatic heterocycles. The van der Waals surface area contributed by atoms with Gasteiger partial charge in [0.15, 0.2) is 0 Å². The van der Waals surface area contributed by atoms with E-state index in [-0.39, 0.29) is 10.8 Å². The van der Waals surface area contributed by atoms with Crippen molar-refractivity contribution in [2.75, 3.05) is 0 Å². The molecule has 0 fully saturated rings. The van der Waals surface area contributed by atoms with Crippen molar-refractivity contribution in [3.05, 3.63) is 60.4 Å². The summed E-state index contributed by atoms with van der Waals surface area (Å²) in [5.41, 5.74) is 3.08. The molecule has 0 heterocycles. The summed E-state index contributed by atoms with van der Waals surface area (Å²) in [4.78, 5) is 12.0. The third-order valence-electron chi connectivity index (χ3n) is 2.55. The van der Waals surface area contributed by atoms with E-state index in [0.717, 1.165) is 8.95 Å². The number of hydrogen-bond acceptors (Lipinski definition) is 3. The molecule has 0 radical (unpaired) electrons.